The molecule has 2 rings (SSSR count). The zero-order chi connectivity index (χ0) is 15.4. The molecule has 5 nitrogen and oxygen atoms in total. The van der Waals surface area contributed by atoms with Gasteiger partial charge in [-0.3, -0.25) is 10.1 Å². The van der Waals surface area contributed by atoms with E-state index in [9.17, 15) is 14.5 Å². The predicted molar refractivity (Wildman–Crippen MR) is 79.2 cm³/mol. The Morgan fingerprint density at radius 3 is 2.71 bits per heavy atom. The third-order valence-corrected chi connectivity index (χ3v) is 3.45. The molecule has 0 amide bonds. The first-order chi connectivity index (χ1) is 10.0. The van der Waals surface area contributed by atoms with Crippen molar-refractivity contribution >= 4 is 27.3 Å². The highest BCUT2D eigenvalue weighted by Gasteiger charge is 2.09. The molecule has 21 heavy (non-hydrogen) atoms. The van der Waals surface area contributed by atoms with Crippen LogP contribution in [0.4, 0.5) is 15.8 Å². The van der Waals surface area contributed by atoms with Crippen molar-refractivity contribution in [2.45, 2.75) is 6.54 Å². The molecular weight excluding hydrogens is 341 g/mol. The molecule has 0 aromatic heterocycles. The largest absolute Gasteiger partial charge is 0.380 e. The number of anilines is 1. The lowest BCUT2D eigenvalue weighted by Gasteiger charge is -2.09. The average molecular weight is 350 g/mol. The maximum atomic E-state index is 13.2. The van der Waals surface area contributed by atoms with Gasteiger partial charge in [-0.2, -0.15) is 5.26 Å². The highest BCUT2D eigenvalue weighted by molar-refractivity contribution is 9.10. The summed E-state index contributed by atoms with van der Waals surface area (Å²) in [7, 11) is 0. The summed E-state index contributed by atoms with van der Waals surface area (Å²) in [6.07, 6.45) is 0. The first-order valence-electron chi connectivity index (χ1n) is 5.87. The lowest BCUT2D eigenvalue weighted by atomic mass is 10.1. The van der Waals surface area contributed by atoms with Gasteiger partial charge in [0.05, 0.1) is 10.5 Å². The molecule has 0 radical (unpaired) electrons. The normalized spacial score (nSPS) is 9.95. The lowest BCUT2D eigenvalue weighted by Crippen LogP contribution is -2.01. The van der Waals surface area contributed by atoms with Gasteiger partial charge in [0.1, 0.15) is 11.9 Å². The molecule has 0 atom stereocenters. The average Bonchev–Trinajstić information content (AvgIpc) is 2.47. The van der Waals surface area contributed by atoms with E-state index in [0.29, 0.717) is 16.7 Å². The molecular formula is C14H9BrFN3O2. The molecule has 2 aromatic carbocycles. The van der Waals surface area contributed by atoms with Crippen LogP contribution in [-0.2, 0) is 6.54 Å². The first kappa shape index (κ1) is 14.9. The number of nitriles is 1. The zero-order valence-corrected chi connectivity index (χ0v) is 12.2. The number of nitrogens with zero attached hydrogens (tertiary/aromatic N) is 2. The second kappa shape index (κ2) is 6.33. The number of rotatable bonds is 4. The summed E-state index contributed by atoms with van der Waals surface area (Å²) in [6, 6.07) is 10.4. The van der Waals surface area contributed by atoms with Crippen molar-refractivity contribution in [3.63, 3.8) is 0 Å². The summed E-state index contributed by atoms with van der Waals surface area (Å²) in [5.41, 5.74) is 1.37. The lowest BCUT2D eigenvalue weighted by molar-refractivity contribution is -0.384. The second-order valence-corrected chi connectivity index (χ2v) is 5.06. The van der Waals surface area contributed by atoms with Gasteiger partial charge in [0.2, 0.25) is 0 Å². The van der Waals surface area contributed by atoms with Crippen LogP contribution in [0.3, 0.4) is 0 Å². The van der Waals surface area contributed by atoms with Crippen LogP contribution < -0.4 is 5.32 Å². The molecule has 0 fully saturated rings. The van der Waals surface area contributed by atoms with E-state index in [1.165, 1.54) is 24.3 Å². The smallest absolute Gasteiger partial charge is 0.270 e. The van der Waals surface area contributed by atoms with E-state index in [2.05, 4.69) is 21.2 Å². The van der Waals surface area contributed by atoms with E-state index in [1.807, 2.05) is 0 Å². The van der Waals surface area contributed by atoms with Crippen LogP contribution >= 0.6 is 15.9 Å². The van der Waals surface area contributed by atoms with Crippen LogP contribution in [0.5, 0.6) is 0 Å². The molecule has 7 heteroatoms. The SMILES string of the molecule is N#Cc1cc(CNc2ccc([N+](=O)[O-])cc2Br)ccc1F. The number of nitro benzene ring substituents is 1. The highest BCUT2D eigenvalue weighted by atomic mass is 79.9. The molecule has 0 aliphatic rings. The summed E-state index contributed by atoms with van der Waals surface area (Å²) in [4.78, 5) is 10.2. The van der Waals surface area contributed by atoms with Crippen LogP contribution in [0.25, 0.3) is 0 Å². The number of nitro groups is 1. The summed E-state index contributed by atoms with van der Waals surface area (Å²) in [5, 5.41) is 22.5. The number of benzene rings is 2. The molecule has 106 valence electrons. The van der Waals surface area contributed by atoms with Crippen LogP contribution in [0.1, 0.15) is 11.1 Å². The Morgan fingerprint density at radius 1 is 1.33 bits per heavy atom. The van der Waals surface area contributed by atoms with Crippen molar-refractivity contribution in [2.24, 2.45) is 0 Å². The van der Waals surface area contributed by atoms with E-state index in [-0.39, 0.29) is 11.3 Å². The van der Waals surface area contributed by atoms with E-state index in [4.69, 9.17) is 5.26 Å². The number of nitrogens with one attached hydrogen (secondary N) is 1. The van der Waals surface area contributed by atoms with Gasteiger partial charge in [0, 0.05) is 28.8 Å². The Hall–Kier alpha value is -2.46. The van der Waals surface area contributed by atoms with Crippen LogP contribution in [-0.4, -0.2) is 4.92 Å². The van der Waals surface area contributed by atoms with Crippen molar-refractivity contribution in [2.75, 3.05) is 5.32 Å². The van der Waals surface area contributed by atoms with Crippen molar-refractivity contribution in [1.29, 1.82) is 5.26 Å². The number of hydrogen-bond donors (Lipinski definition) is 1. The maximum Gasteiger partial charge on any atom is 0.270 e. The Morgan fingerprint density at radius 2 is 2.10 bits per heavy atom. The fourth-order valence-electron chi connectivity index (χ4n) is 1.73. The molecule has 0 aliphatic carbocycles. The Balaban J connectivity index is 2.13. The van der Waals surface area contributed by atoms with Crippen LogP contribution in [0, 0.1) is 27.3 Å². The minimum absolute atomic E-state index is 0.0130. The summed E-state index contributed by atoms with van der Waals surface area (Å²) < 4.78 is 13.8. The Kier molecular flexibility index (Phi) is 4.50. The van der Waals surface area contributed by atoms with Gasteiger partial charge in [-0.15, -0.1) is 0 Å². The van der Waals surface area contributed by atoms with E-state index >= 15 is 0 Å². The molecule has 0 unspecified atom stereocenters. The number of halogens is 2. The second-order valence-electron chi connectivity index (χ2n) is 4.20. The van der Waals surface area contributed by atoms with Crippen molar-refractivity contribution in [3.05, 3.63) is 67.9 Å². The minimum atomic E-state index is -0.558. The van der Waals surface area contributed by atoms with Gasteiger partial charge < -0.3 is 5.32 Å². The number of non-ortho nitro benzene ring substituents is 1. The molecule has 0 bridgehead atoms. The van der Waals surface area contributed by atoms with Gasteiger partial charge in [-0.05, 0) is 39.7 Å². The quantitative estimate of drug-likeness (QED) is 0.668. The fraction of sp³-hybridized carbons (Fsp3) is 0.0714. The third-order valence-electron chi connectivity index (χ3n) is 2.80. The van der Waals surface area contributed by atoms with Gasteiger partial charge in [-0.1, -0.05) is 6.07 Å². The predicted octanol–water partition coefficient (Wildman–Crippen LogP) is 3.98. The van der Waals surface area contributed by atoms with Gasteiger partial charge in [-0.25, -0.2) is 4.39 Å². The highest BCUT2D eigenvalue weighted by Crippen LogP contribution is 2.27. The fourth-order valence-corrected chi connectivity index (χ4v) is 2.23. The summed E-state index contributed by atoms with van der Waals surface area (Å²) >= 11 is 3.25. The third kappa shape index (κ3) is 3.55. The molecule has 2 aromatic rings. The standard InChI is InChI=1S/C14H9BrFN3O2/c15-12-6-11(19(20)21)2-4-14(12)18-8-9-1-3-13(16)10(5-9)7-17/h1-6,18H,8H2. The van der Waals surface area contributed by atoms with E-state index in [0.717, 1.165) is 5.56 Å². The maximum absolute atomic E-state index is 13.2. The van der Waals surface area contributed by atoms with Crippen molar-refractivity contribution in [1.82, 2.24) is 0 Å². The molecule has 1 N–H and O–H groups in total. The Bertz CT molecular complexity index is 743. The Labute approximate surface area is 128 Å². The van der Waals surface area contributed by atoms with Crippen molar-refractivity contribution < 1.29 is 9.31 Å². The molecule has 0 saturated heterocycles. The van der Waals surface area contributed by atoms with Crippen molar-refractivity contribution in [3.8, 4) is 6.07 Å². The van der Waals surface area contributed by atoms with Gasteiger partial charge >= 0.3 is 0 Å². The zero-order valence-electron chi connectivity index (χ0n) is 10.6. The molecule has 0 spiro atoms. The monoisotopic (exact) mass is 349 g/mol. The molecule has 0 saturated carbocycles. The van der Waals surface area contributed by atoms with Crippen LogP contribution in [0.2, 0.25) is 0 Å². The first-order valence-corrected chi connectivity index (χ1v) is 6.67. The minimum Gasteiger partial charge on any atom is -0.380 e. The van der Waals surface area contributed by atoms with Crippen LogP contribution in [0.15, 0.2) is 40.9 Å². The van der Waals surface area contributed by atoms with E-state index in [1.54, 1.807) is 18.2 Å². The summed E-state index contributed by atoms with van der Waals surface area (Å²) in [6.45, 7) is 0.366. The number of hydrogen-bond acceptors (Lipinski definition) is 4. The topological polar surface area (TPSA) is 79.0 Å². The van der Waals surface area contributed by atoms with Gasteiger partial charge in [0.25, 0.3) is 5.69 Å². The van der Waals surface area contributed by atoms with Gasteiger partial charge in [0.15, 0.2) is 0 Å². The molecule has 0 heterocycles. The summed E-state index contributed by atoms with van der Waals surface area (Å²) in [5.74, 6) is -0.558. The molecule has 0 aliphatic heterocycles. The van der Waals surface area contributed by atoms with E-state index < -0.39 is 10.7 Å².